The Morgan fingerprint density at radius 1 is 1.35 bits per heavy atom. The highest BCUT2D eigenvalue weighted by Gasteiger charge is 2.07. The van der Waals surface area contributed by atoms with Crippen LogP contribution >= 0.6 is 0 Å². The van der Waals surface area contributed by atoms with E-state index in [-0.39, 0.29) is 30.0 Å². The summed E-state index contributed by atoms with van der Waals surface area (Å²) in [4.78, 5) is 34.1. The Bertz CT molecular complexity index is 529. The fourth-order valence-corrected chi connectivity index (χ4v) is 1.42. The molecule has 0 bridgehead atoms. The van der Waals surface area contributed by atoms with Gasteiger partial charge in [0.2, 0.25) is 5.91 Å². The summed E-state index contributed by atoms with van der Waals surface area (Å²) in [7, 11) is 0. The molecule has 1 rings (SSSR count). The van der Waals surface area contributed by atoms with Crippen LogP contribution < -0.4 is 22.4 Å². The van der Waals surface area contributed by atoms with Crippen molar-refractivity contribution in [2.24, 2.45) is 5.84 Å². The second kappa shape index (κ2) is 5.44. The van der Waals surface area contributed by atoms with Crippen LogP contribution in [0.1, 0.15) is 24.0 Å². The van der Waals surface area contributed by atoms with E-state index in [2.05, 4.69) is 5.10 Å². The van der Waals surface area contributed by atoms with Gasteiger partial charge in [0, 0.05) is 24.1 Å². The summed E-state index contributed by atoms with van der Waals surface area (Å²) in [5, 5.41) is 2.46. The second-order valence-corrected chi connectivity index (χ2v) is 3.82. The van der Waals surface area contributed by atoms with Crippen molar-refractivity contribution in [3.05, 3.63) is 31.8 Å². The number of aryl methyl sites for hydroxylation is 1. The van der Waals surface area contributed by atoms with E-state index in [0.717, 1.165) is 0 Å². The first-order chi connectivity index (χ1) is 7.97. The highest BCUT2D eigenvalue weighted by molar-refractivity contribution is 5.74. The maximum Gasteiger partial charge on any atom is 0.268 e. The highest BCUT2D eigenvalue weighted by atomic mass is 16.2. The molecule has 4 N–H and O–H groups in total. The van der Waals surface area contributed by atoms with Gasteiger partial charge in [0.15, 0.2) is 0 Å². The number of hydrazine groups is 1. The molecule has 1 aromatic heterocycles. The van der Waals surface area contributed by atoms with Crippen molar-refractivity contribution in [3.63, 3.8) is 0 Å². The molecule has 0 aliphatic carbocycles. The van der Waals surface area contributed by atoms with E-state index < -0.39 is 0 Å². The standard InChI is InChI=1S/C10H16N4O3/c1-6-7(2)10(17)14(13-9(6)16)5-3-4-8(15)12-11/h3-5,11H2,1-2H3,(H,12,15)(H,13,16). The van der Waals surface area contributed by atoms with Gasteiger partial charge in [-0.05, 0) is 20.3 Å². The summed E-state index contributed by atoms with van der Waals surface area (Å²) >= 11 is 0. The SMILES string of the molecule is Cc1c(C)c(=O)n(CCCC(=O)NN)[nH]c1=O. The second-order valence-electron chi connectivity index (χ2n) is 3.82. The number of nitrogens with two attached hydrogens (primary N) is 1. The van der Waals surface area contributed by atoms with Crippen LogP contribution in [0, 0.1) is 13.8 Å². The third kappa shape index (κ3) is 3.04. The lowest BCUT2D eigenvalue weighted by molar-refractivity contribution is -0.121. The van der Waals surface area contributed by atoms with Crippen molar-refractivity contribution in [2.75, 3.05) is 0 Å². The summed E-state index contributed by atoms with van der Waals surface area (Å²) < 4.78 is 1.22. The van der Waals surface area contributed by atoms with Gasteiger partial charge < -0.3 is 0 Å². The summed E-state index contributed by atoms with van der Waals surface area (Å²) in [6, 6.07) is 0. The molecule has 94 valence electrons. The van der Waals surface area contributed by atoms with Gasteiger partial charge in [-0.3, -0.25) is 29.6 Å². The molecule has 0 spiro atoms. The summed E-state index contributed by atoms with van der Waals surface area (Å²) in [6.45, 7) is 3.49. The zero-order valence-electron chi connectivity index (χ0n) is 9.87. The first-order valence-corrected chi connectivity index (χ1v) is 5.27. The van der Waals surface area contributed by atoms with Gasteiger partial charge in [-0.15, -0.1) is 0 Å². The van der Waals surface area contributed by atoms with Gasteiger partial charge in [0.25, 0.3) is 11.1 Å². The number of nitrogens with zero attached hydrogens (tertiary/aromatic N) is 1. The molecule has 0 aliphatic heterocycles. The van der Waals surface area contributed by atoms with Crippen LogP contribution in [0.4, 0.5) is 0 Å². The zero-order valence-corrected chi connectivity index (χ0v) is 9.87. The van der Waals surface area contributed by atoms with Crippen molar-refractivity contribution in [1.29, 1.82) is 0 Å². The maximum atomic E-state index is 11.8. The van der Waals surface area contributed by atoms with Crippen LogP contribution in [0.5, 0.6) is 0 Å². The summed E-state index contributed by atoms with van der Waals surface area (Å²) in [6.07, 6.45) is 0.638. The Labute approximate surface area is 97.6 Å². The molecule has 7 heteroatoms. The minimum absolute atomic E-state index is 0.206. The van der Waals surface area contributed by atoms with E-state index in [0.29, 0.717) is 17.5 Å². The van der Waals surface area contributed by atoms with E-state index in [9.17, 15) is 14.4 Å². The molecule has 0 saturated carbocycles. The fourth-order valence-electron chi connectivity index (χ4n) is 1.42. The van der Waals surface area contributed by atoms with Gasteiger partial charge in [-0.25, -0.2) is 5.84 Å². The lowest BCUT2D eigenvalue weighted by Crippen LogP contribution is -2.34. The molecule has 0 saturated heterocycles. The Morgan fingerprint density at radius 2 is 2.00 bits per heavy atom. The largest absolute Gasteiger partial charge is 0.294 e. The third-order valence-corrected chi connectivity index (χ3v) is 2.65. The molecule has 1 amide bonds. The Kier molecular flexibility index (Phi) is 4.22. The average molecular weight is 240 g/mol. The summed E-state index contributed by atoms with van der Waals surface area (Å²) in [5.74, 6) is 4.62. The smallest absolute Gasteiger partial charge is 0.268 e. The first kappa shape index (κ1) is 13.2. The van der Waals surface area contributed by atoms with E-state index in [1.165, 1.54) is 4.68 Å². The topological polar surface area (TPSA) is 110 Å². The van der Waals surface area contributed by atoms with Crippen LogP contribution in [0.15, 0.2) is 9.59 Å². The van der Waals surface area contributed by atoms with Gasteiger partial charge in [0.1, 0.15) is 0 Å². The molecule has 1 aromatic rings. The van der Waals surface area contributed by atoms with Crippen molar-refractivity contribution in [2.45, 2.75) is 33.2 Å². The van der Waals surface area contributed by atoms with Crippen LogP contribution in [0.3, 0.4) is 0 Å². The van der Waals surface area contributed by atoms with E-state index in [4.69, 9.17) is 5.84 Å². The lowest BCUT2D eigenvalue weighted by atomic mass is 10.2. The number of rotatable bonds is 4. The van der Waals surface area contributed by atoms with Crippen LogP contribution in [0.25, 0.3) is 0 Å². The van der Waals surface area contributed by atoms with E-state index in [1.54, 1.807) is 13.8 Å². The van der Waals surface area contributed by atoms with Crippen LogP contribution in [0.2, 0.25) is 0 Å². The monoisotopic (exact) mass is 240 g/mol. The van der Waals surface area contributed by atoms with Gasteiger partial charge >= 0.3 is 0 Å². The van der Waals surface area contributed by atoms with Crippen molar-refractivity contribution in [3.8, 4) is 0 Å². The number of aromatic amines is 1. The predicted molar refractivity (Wildman–Crippen MR) is 62.4 cm³/mol. The number of carbonyl (C=O) groups is 1. The molecule has 0 fully saturated rings. The van der Waals surface area contributed by atoms with Gasteiger partial charge in [-0.2, -0.15) is 0 Å². The quantitative estimate of drug-likeness (QED) is 0.353. The Morgan fingerprint density at radius 3 is 2.59 bits per heavy atom. The third-order valence-electron chi connectivity index (χ3n) is 2.65. The Hall–Kier alpha value is -1.89. The lowest BCUT2D eigenvalue weighted by Gasteiger charge is -2.07. The predicted octanol–water partition coefficient (Wildman–Crippen LogP) is -1.08. The normalized spacial score (nSPS) is 10.3. The zero-order chi connectivity index (χ0) is 13.0. The molecular formula is C10H16N4O3. The molecular weight excluding hydrogens is 224 g/mol. The van der Waals surface area contributed by atoms with Gasteiger partial charge in [-0.1, -0.05) is 0 Å². The molecule has 0 aromatic carbocycles. The number of hydrogen-bond acceptors (Lipinski definition) is 4. The van der Waals surface area contributed by atoms with Crippen molar-refractivity contribution >= 4 is 5.91 Å². The van der Waals surface area contributed by atoms with Crippen LogP contribution in [-0.2, 0) is 11.3 Å². The number of nitrogens with one attached hydrogen (secondary N) is 2. The molecule has 0 radical (unpaired) electrons. The number of H-pyrrole nitrogens is 1. The Balaban J connectivity index is 2.83. The molecule has 1 heterocycles. The number of amides is 1. The average Bonchev–Trinajstić information content (AvgIpc) is 2.32. The minimum atomic E-state index is -0.302. The molecule has 0 aliphatic rings. The molecule has 0 atom stereocenters. The summed E-state index contributed by atoms with van der Waals surface area (Å²) in [5.41, 5.74) is 2.32. The minimum Gasteiger partial charge on any atom is -0.294 e. The number of hydrogen-bond donors (Lipinski definition) is 3. The van der Waals surface area contributed by atoms with Crippen molar-refractivity contribution in [1.82, 2.24) is 15.2 Å². The maximum absolute atomic E-state index is 11.8. The van der Waals surface area contributed by atoms with Gasteiger partial charge in [0.05, 0.1) is 0 Å². The first-order valence-electron chi connectivity index (χ1n) is 5.27. The molecule has 17 heavy (non-hydrogen) atoms. The van der Waals surface area contributed by atoms with Crippen molar-refractivity contribution < 1.29 is 4.79 Å². The highest BCUT2D eigenvalue weighted by Crippen LogP contribution is 1.94. The van der Waals surface area contributed by atoms with E-state index in [1.807, 2.05) is 5.43 Å². The molecule has 0 unspecified atom stereocenters. The van der Waals surface area contributed by atoms with Crippen LogP contribution in [-0.4, -0.2) is 15.7 Å². The molecule has 7 nitrogen and oxygen atoms in total. The van der Waals surface area contributed by atoms with E-state index >= 15 is 0 Å². The number of aromatic nitrogens is 2. The number of carbonyl (C=O) groups excluding carboxylic acids is 1. The fraction of sp³-hybridized carbons (Fsp3) is 0.500.